The lowest BCUT2D eigenvalue weighted by atomic mass is 9.74. The van der Waals surface area contributed by atoms with E-state index in [-0.39, 0.29) is 0 Å². The molecular weight excluding hydrogens is 184 g/mol. The molecule has 0 aromatic heterocycles. The van der Waals surface area contributed by atoms with Crippen LogP contribution in [0.5, 0.6) is 0 Å². The number of carbonyl (C=O) groups excluding carboxylic acids is 1. The molecule has 0 bridgehead atoms. The molecule has 0 aromatic rings. The fourth-order valence-corrected chi connectivity index (χ4v) is 2.32. The lowest BCUT2D eigenvalue weighted by Gasteiger charge is -2.31. The Kier molecular flexibility index (Phi) is 4.24. The minimum absolute atomic E-state index is 0.310. The van der Waals surface area contributed by atoms with Gasteiger partial charge in [0, 0.05) is 18.2 Å². The summed E-state index contributed by atoms with van der Waals surface area (Å²) in [6.07, 6.45) is 3.94. The van der Waals surface area contributed by atoms with Crippen LogP contribution in [0.1, 0.15) is 39.5 Å². The molecule has 3 atom stereocenters. The fourth-order valence-electron chi connectivity index (χ4n) is 2.14. The number of hydrogen-bond donors (Lipinski definition) is 0. The molecule has 76 valence electrons. The van der Waals surface area contributed by atoms with Crippen molar-refractivity contribution in [3.63, 3.8) is 0 Å². The number of alkyl halides is 1. The van der Waals surface area contributed by atoms with Crippen LogP contribution in [-0.4, -0.2) is 11.7 Å². The SMILES string of the molecule is CC1CCC(C(=O)CCCl)CC1C. The van der Waals surface area contributed by atoms with Gasteiger partial charge in [0.1, 0.15) is 5.78 Å². The van der Waals surface area contributed by atoms with Crippen molar-refractivity contribution in [2.75, 3.05) is 5.88 Å². The van der Waals surface area contributed by atoms with Gasteiger partial charge in [-0.1, -0.05) is 13.8 Å². The summed E-state index contributed by atoms with van der Waals surface area (Å²) in [6.45, 7) is 4.54. The number of rotatable bonds is 3. The molecule has 3 unspecified atom stereocenters. The van der Waals surface area contributed by atoms with Crippen molar-refractivity contribution in [3.8, 4) is 0 Å². The Morgan fingerprint density at radius 2 is 2.00 bits per heavy atom. The van der Waals surface area contributed by atoms with E-state index in [0.717, 1.165) is 18.8 Å². The molecule has 1 rings (SSSR count). The highest BCUT2D eigenvalue weighted by Gasteiger charge is 2.28. The third-order valence-electron chi connectivity index (χ3n) is 3.39. The van der Waals surface area contributed by atoms with Crippen LogP contribution < -0.4 is 0 Å². The zero-order valence-electron chi connectivity index (χ0n) is 8.55. The molecule has 0 aromatic carbocycles. The summed E-state index contributed by atoms with van der Waals surface area (Å²) in [7, 11) is 0. The summed E-state index contributed by atoms with van der Waals surface area (Å²) >= 11 is 5.56. The molecule has 0 amide bonds. The van der Waals surface area contributed by atoms with E-state index in [0.29, 0.717) is 29.9 Å². The van der Waals surface area contributed by atoms with Gasteiger partial charge >= 0.3 is 0 Å². The van der Waals surface area contributed by atoms with Crippen LogP contribution in [0.15, 0.2) is 0 Å². The van der Waals surface area contributed by atoms with Gasteiger partial charge in [-0.05, 0) is 31.1 Å². The standard InChI is InChI=1S/C11H19ClO/c1-8-3-4-10(7-9(8)2)11(13)5-6-12/h8-10H,3-7H2,1-2H3. The first kappa shape index (κ1) is 11.0. The second-order valence-corrected chi connectivity index (χ2v) is 4.75. The normalized spacial score (nSPS) is 34.5. The van der Waals surface area contributed by atoms with Crippen LogP contribution in [0.2, 0.25) is 0 Å². The quantitative estimate of drug-likeness (QED) is 0.643. The van der Waals surface area contributed by atoms with Crippen LogP contribution in [0.4, 0.5) is 0 Å². The van der Waals surface area contributed by atoms with Gasteiger partial charge in [-0.2, -0.15) is 0 Å². The third-order valence-corrected chi connectivity index (χ3v) is 3.58. The molecule has 0 N–H and O–H groups in total. The lowest BCUT2D eigenvalue weighted by Crippen LogP contribution is -2.26. The van der Waals surface area contributed by atoms with Crippen molar-refractivity contribution in [1.29, 1.82) is 0 Å². The van der Waals surface area contributed by atoms with Gasteiger partial charge in [-0.3, -0.25) is 4.79 Å². The summed E-state index contributed by atoms with van der Waals surface area (Å²) in [5, 5.41) is 0. The summed E-state index contributed by atoms with van der Waals surface area (Å²) in [5.74, 6) is 2.68. The molecule has 1 nitrogen and oxygen atoms in total. The Labute approximate surface area is 85.8 Å². The van der Waals surface area contributed by atoms with Gasteiger partial charge < -0.3 is 0 Å². The topological polar surface area (TPSA) is 17.1 Å². The van der Waals surface area contributed by atoms with Crippen molar-refractivity contribution in [2.45, 2.75) is 39.5 Å². The maximum Gasteiger partial charge on any atom is 0.137 e. The smallest absolute Gasteiger partial charge is 0.137 e. The molecule has 2 heteroatoms. The van der Waals surface area contributed by atoms with E-state index in [4.69, 9.17) is 11.6 Å². The predicted octanol–water partition coefficient (Wildman–Crippen LogP) is 3.26. The highest BCUT2D eigenvalue weighted by atomic mass is 35.5. The number of Topliss-reactive ketones (excluding diaryl/α,β-unsaturated/α-hetero) is 1. The number of hydrogen-bond acceptors (Lipinski definition) is 1. The van der Waals surface area contributed by atoms with Crippen LogP contribution >= 0.6 is 11.6 Å². The molecule has 0 saturated heterocycles. The molecule has 0 aliphatic heterocycles. The predicted molar refractivity (Wildman–Crippen MR) is 56.0 cm³/mol. The molecule has 13 heavy (non-hydrogen) atoms. The Hall–Kier alpha value is -0.0400. The first-order valence-electron chi connectivity index (χ1n) is 5.23. The van der Waals surface area contributed by atoms with Gasteiger partial charge in [0.25, 0.3) is 0 Å². The van der Waals surface area contributed by atoms with Gasteiger partial charge in [-0.15, -0.1) is 11.6 Å². The number of ketones is 1. The van der Waals surface area contributed by atoms with Crippen LogP contribution in [-0.2, 0) is 4.79 Å². The molecule has 0 heterocycles. The van der Waals surface area contributed by atoms with Crippen molar-refractivity contribution in [3.05, 3.63) is 0 Å². The van der Waals surface area contributed by atoms with Crippen molar-refractivity contribution in [2.24, 2.45) is 17.8 Å². The van der Waals surface area contributed by atoms with E-state index in [1.807, 2.05) is 0 Å². The maximum atomic E-state index is 11.6. The minimum Gasteiger partial charge on any atom is -0.299 e. The van der Waals surface area contributed by atoms with Gasteiger partial charge in [0.05, 0.1) is 0 Å². The van der Waals surface area contributed by atoms with E-state index in [1.165, 1.54) is 6.42 Å². The first-order valence-corrected chi connectivity index (χ1v) is 5.77. The van der Waals surface area contributed by atoms with Crippen molar-refractivity contribution < 1.29 is 4.79 Å². The minimum atomic E-state index is 0.310. The van der Waals surface area contributed by atoms with Crippen LogP contribution in [0.25, 0.3) is 0 Å². The summed E-state index contributed by atoms with van der Waals surface area (Å²) in [4.78, 5) is 11.6. The lowest BCUT2D eigenvalue weighted by molar-refractivity contribution is -0.124. The van der Waals surface area contributed by atoms with Crippen molar-refractivity contribution >= 4 is 17.4 Å². The fraction of sp³-hybridized carbons (Fsp3) is 0.909. The highest BCUT2D eigenvalue weighted by Crippen LogP contribution is 2.34. The van der Waals surface area contributed by atoms with Gasteiger partial charge in [0.15, 0.2) is 0 Å². The molecule has 1 saturated carbocycles. The van der Waals surface area contributed by atoms with E-state index in [1.54, 1.807) is 0 Å². The summed E-state index contributed by atoms with van der Waals surface area (Å²) in [6, 6.07) is 0. The molecule has 1 fully saturated rings. The van der Waals surface area contributed by atoms with Gasteiger partial charge in [0.2, 0.25) is 0 Å². The first-order chi connectivity index (χ1) is 6.15. The highest BCUT2D eigenvalue weighted by molar-refractivity contribution is 6.19. The largest absolute Gasteiger partial charge is 0.299 e. The number of halogens is 1. The molecule has 0 spiro atoms. The van der Waals surface area contributed by atoms with Gasteiger partial charge in [-0.25, -0.2) is 0 Å². The number of carbonyl (C=O) groups is 1. The van der Waals surface area contributed by atoms with E-state index in [9.17, 15) is 4.79 Å². The third kappa shape index (κ3) is 2.98. The maximum absolute atomic E-state index is 11.6. The second-order valence-electron chi connectivity index (χ2n) is 4.37. The van der Waals surface area contributed by atoms with Crippen LogP contribution in [0, 0.1) is 17.8 Å². The molecular formula is C11H19ClO. The Balaban J connectivity index is 2.40. The summed E-state index contributed by atoms with van der Waals surface area (Å²) < 4.78 is 0. The average molecular weight is 203 g/mol. The Morgan fingerprint density at radius 1 is 1.31 bits per heavy atom. The van der Waals surface area contributed by atoms with Crippen LogP contribution in [0.3, 0.4) is 0 Å². The molecule has 1 aliphatic carbocycles. The zero-order chi connectivity index (χ0) is 9.84. The second kappa shape index (κ2) is 4.99. The van der Waals surface area contributed by atoms with E-state index < -0.39 is 0 Å². The monoisotopic (exact) mass is 202 g/mol. The molecule has 1 aliphatic rings. The Morgan fingerprint density at radius 3 is 2.54 bits per heavy atom. The molecule has 0 radical (unpaired) electrons. The summed E-state index contributed by atoms with van der Waals surface area (Å²) in [5.41, 5.74) is 0. The van der Waals surface area contributed by atoms with Crippen molar-refractivity contribution in [1.82, 2.24) is 0 Å². The van der Waals surface area contributed by atoms with E-state index in [2.05, 4.69) is 13.8 Å². The Bertz CT molecular complexity index is 179. The average Bonchev–Trinajstić information content (AvgIpc) is 2.10. The zero-order valence-corrected chi connectivity index (χ0v) is 9.31. The van der Waals surface area contributed by atoms with E-state index >= 15 is 0 Å².